The molecule has 0 radical (unpaired) electrons. The summed E-state index contributed by atoms with van der Waals surface area (Å²) in [5, 5.41) is 10.4. The molecule has 0 aromatic carbocycles. The van der Waals surface area contributed by atoms with Crippen LogP contribution in [0.25, 0.3) is 0 Å². The van der Waals surface area contributed by atoms with Crippen molar-refractivity contribution < 1.29 is 9.90 Å². The minimum Gasteiger partial charge on any atom is -0.382 e. The molecule has 1 N–H and O–H groups in total. The number of rotatable bonds is 5. The predicted molar refractivity (Wildman–Crippen MR) is 66.3 cm³/mol. The quantitative estimate of drug-likeness (QED) is 0.729. The molecule has 0 amide bonds. The lowest BCUT2D eigenvalue weighted by molar-refractivity contribution is -0.139. The van der Waals surface area contributed by atoms with E-state index in [0.717, 1.165) is 25.7 Å². The summed E-state index contributed by atoms with van der Waals surface area (Å²) in [4.78, 5) is 12.2. The van der Waals surface area contributed by atoms with Gasteiger partial charge in [-0.3, -0.25) is 4.79 Å². The summed E-state index contributed by atoms with van der Waals surface area (Å²) in [6.07, 6.45) is 8.37. The van der Waals surface area contributed by atoms with Crippen molar-refractivity contribution in [2.75, 3.05) is 0 Å². The summed E-state index contributed by atoms with van der Waals surface area (Å²) in [7, 11) is 0. The van der Waals surface area contributed by atoms with E-state index in [-0.39, 0.29) is 5.78 Å². The molecule has 0 aliphatic heterocycles. The molecule has 2 nitrogen and oxygen atoms in total. The topological polar surface area (TPSA) is 37.3 Å². The summed E-state index contributed by atoms with van der Waals surface area (Å²) in [5.41, 5.74) is -0.987. The third-order valence-electron chi connectivity index (χ3n) is 4.08. The fourth-order valence-electron chi connectivity index (χ4n) is 2.62. The van der Waals surface area contributed by atoms with Gasteiger partial charge in [-0.1, -0.05) is 52.4 Å². The van der Waals surface area contributed by atoms with E-state index < -0.39 is 5.60 Å². The number of carbonyl (C=O) groups excluding carboxylic acids is 1. The summed E-state index contributed by atoms with van der Waals surface area (Å²) in [6.45, 7) is 4.25. The minimum absolute atomic E-state index is 0.100. The first-order valence-corrected chi connectivity index (χ1v) is 6.88. The summed E-state index contributed by atoms with van der Waals surface area (Å²) in [5.74, 6) is 0.558. The second-order valence-corrected chi connectivity index (χ2v) is 5.26. The van der Waals surface area contributed by atoms with Crippen LogP contribution in [0.2, 0.25) is 0 Å². The molecular formula is C14H26O2. The molecule has 1 saturated carbocycles. The highest BCUT2D eigenvalue weighted by Crippen LogP contribution is 2.30. The maximum Gasteiger partial charge on any atom is 0.164 e. The van der Waals surface area contributed by atoms with Crippen LogP contribution in [0, 0.1) is 5.92 Å². The first-order valence-electron chi connectivity index (χ1n) is 6.88. The van der Waals surface area contributed by atoms with Gasteiger partial charge < -0.3 is 5.11 Å². The molecule has 16 heavy (non-hydrogen) atoms. The second-order valence-electron chi connectivity index (χ2n) is 5.26. The van der Waals surface area contributed by atoms with Gasteiger partial charge in [-0.25, -0.2) is 0 Å². The first-order chi connectivity index (χ1) is 7.62. The van der Waals surface area contributed by atoms with Crippen LogP contribution in [0.15, 0.2) is 0 Å². The van der Waals surface area contributed by atoms with Crippen LogP contribution >= 0.6 is 0 Å². The molecule has 0 aromatic rings. The van der Waals surface area contributed by atoms with Gasteiger partial charge >= 0.3 is 0 Å². The Morgan fingerprint density at radius 1 is 1.12 bits per heavy atom. The Hall–Kier alpha value is -0.370. The Balaban J connectivity index is 2.55. The first kappa shape index (κ1) is 13.7. The summed E-state index contributed by atoms with van der Waals surface area (Å²) < 4.78 is 0. The number of Topliss-reactive ketones (excluding diaryl/α,β-unsaturated/α-hetero) is 1. The third kappa shape index (κ3) is 3.58. The van der Waals surface area contributed by atoms with Crippen molar-refractivity contribution in [3.8, 4) is 0 Å². The van der Waals surface area contributed by atoms with Crippen LogP contribution in [-0.4, -0.2) is 16.5 Å². The molecule has 0 saturated heterocycles. The largest absolute Gasteiger partial charge is 0.382 e. The fraction of sp³-hybridized carbons (Fsp3) is 0.929. The monoisotopic (exact) mass is 226 g/mol. The SMILES string of the molecule is CCC(CC)CC(=O)C1(O)CCCCCC1. The maximum absolute atomic E-state index is 12.2. The zero-order chi connectivity index (χ0) is 12.0. The molecule has 1 aliphatic carbocycles. The van der Waals surface area contributed by atoms with Crippen LogP contribution in [0.4, 0.5) is 0 Å². The van der Waals surface area contributed by atoms with Gasteiger partial charge in [0.1, 0.15) is 5.60 Å². The molecule has 0 aromatic heterocycles. The highest BCUT2D eigenvalue weighted by Gasteiger charge is 2.36. The van der Waals surface area contributed by atoms with Gasteiger partial charge in [0.25, 0.3) is 0 Å². The standard InChI is InChI=1S/C14H26O2/c1-3-12(4-2)11-13(15)14(16)9-7-5-6-8-10-14/h12,16H,3-11H2,1-2H3. The van der Waals surface area contributed by atoms with E-state index in [1.807, 2.05) is 0 Å². The van der Waals surface area contributed by atoms with Crippen LogP contribution in [-0.2, 0) is 4.79 Å². The van der Waals surface area contributed by atoms with E-state index in [0.29, 0.717) is 25.2 Å². The smallest absolute Gasteiger partial charge is 0.164 e. The molecule has 0 bridgehead atoms. The van der Waals surface area contributed by atoms with E-state index in [9.17, 15) is 9.90 Å². The van der Waals surface area contributed by atoms with Crippen LogP contribution in [0.5, 0.6) is 0 Å². The molecule has 1 aliphatic rings. The van der Waals surface area contributed by atoms with Gasteiger partial charge in [-0.2, -0.15) is 0 Å². The lowest BCUT2D eigenvalue weighted by atomic mass is 9.83. The van der Waals surface area contributed by atoms with Gasteiger partial charge in [0, 0.05) is 6.42 Å². The van der Waals surface area contributed by atoms with Gasteiger partial charge in [0.2, 0.25) is 0 Å². The fourth-order valence-corrected chi connectivity index (χ4v) is 2.62. The van der Waals surface area contributed by atoms with Crippen molar-refractivity contribution in [1.82, 2.24) is 0 Å². The Morgan fingerprint density at radius 2 is 1.62 bits per heavy atom. The number of carbonyl (C=O) groups is 1. The summed E-state index contributed by atoms with van der Waals surface area (Å²) in [6, 6.07) is 0. The highest BCUT2D eigenvalue weighted by molar-refractivity contribution is 5.87. The number of ketones is 1. The van der Waals surface area contributed by atoms with Crippen molar-refractivity contribution in [3.05, 3.63) is 0 Å². The molecule has 0 unspecified atom stereocenters. The Labute approximate surface area is 99.4 Å². The Kier molecular flexibility index (Phi) is 5.47. The number of hydrogen-bond donors (Lipinski definition) is 1. The average molecular weight is 226 g/mol. The zero-order valence-corrected chi connectivity index (χ0v) is 10.8. The minimum atomic E-state index is -0.987. The van der Waals surface area contributed by atoms with Crippen molar-refractivity contribution in [2.45, 2.75) is 77.2 Å². The molecule has 0 atom stereocenters. The van der Waals surface area contributed by atoms with Gasteiger partial charge in [0.05, 0.1) is 0 Å². The van der Waals surface area contributed by atoms with Crippen molar-refractivity contribution in [2.24, 2.45) is 5.92 Å². The molecule has 2 heteroatoms. The molecule has 1 fully saturated rings. The molecule has 1 rings (SSSR count). The van der Waals surface area contributed by atoms with E-state index in [1.54, 1.807) is 0 Å². The van der Waals surface area contributed by atoms with Gasteiger partial charge in [0.15, 0.2) is 5.78 Å². The second kappa shape index (κ2) is 6.39. The highest BCUT2D eigenvalue weighted by atomic mass is 16.3. The Bertz CT molecular complexity index is 211. The lowest BCUT2D eigenvalue weighted by Gasteiger charge is -2.26. The van der Waals surface area contributed by atoms with Crippen molar-refractivity contribution in [1.29, 1.82) is 0 Å². The van der Waals surface area contributed by atoms with Crippen molar-refractivity contribution in [3.63, 3.8) is 0 Å². The van der Waals surface area contributed by atoms with Crippen LogP contribution < -0.4 is 0 Å². The number of aliphatic hydroxyl groups is 1. The lowest BCUT2D eigenvalue weighted by Crippen LogP contribution is -2.39. The molecular weight excluding hydrogens is 200 g/mol. The van der Waals surface area contributed by atoms with Gasteiger partial charge in [-0.15, -0.1) is 0 Å². The van der Waals surface area contributed by atoms with Crippen LogP contribution in [0.1, 0.15) is 71.6 Å². The molecule has 94 valence electrons. The average Bonchev–Trinajstić information content (AvgIpc) is 2.51. The third-order valence-corrected chi connectivity index (χ3v) is 4.08. The van der Waals surface area contributed by atoms with Crippen LogP contribution in [0.3, 0.4) is 0 Å². The molecule has 0 spiro atoms. The van der Waals surface area contributed by atoms with E-state index in [2.05, 4.69) is 13.8 Å². The van der Waals surface area contributed by atoms with E-state index >= 15 is 0 Å². The zero-order valence-electron chi connectivity index (χ0n) is 10.8. The molecule has 0 heterocycles. The number of hydrogen-bond acceptors (Lipinski definition) is 2. The van der Waals surface area contributed by atoms with E-state index in [4.69, 9.17) is 0 Å². The maximum atomic E-state index is 12.2. The normalized spacial score (nSPS) is 20.8. The van der Waals surface area contributed by atoms with E-state index in [1.165, 1.54) is 12.8 Å². The van der Waals surface area contributed by atoms with Gasteiger partial charge in [-0.05, 0) is 18.8 Å². The Morgan fingerprint density at radius 3 is 2.06 bits per heavy atom. The van der Waals surface area contributed by atoms with Crippen molar-refractivity contribution >= 4 is 5.78 Å². The predicted octanol–water partition coefficient (Wildman–Crippen LogP) is 3.47. The summed E-state index contributed by atoms with van der Waals surface area (Å²) >= 11 is 0.